The predicted octanol–water partition coefficient (Wildman–Crippen LogP) is 2.37. The molecule has 1 heterocycles. The van der Waals surface area contributed by atoms with Gasteiger partial charge in [0.05, 0.1) is 12.0 Å². The summed E-state index contributed by atoms with van der Waals surface area (Å²) in [5.41, 5.74) is 0.00564. The van der Waals surface area contributed by atoms with Crippen LogP contribution in [0.3, 0.4) is 0 Å². The standard InChI is InChI=1S/C22H36N4O4S/c1-24(2)22(12-6-4-5-7-13-22)18-23-21(27)25-14-16-26(17-15-25)31(28,29)20-10-8-19(30-3)9-11-20/h8-11H,4-7,12-18H2,1-3H3,(H,23,27). The Morgan fingerprint density at radius 1 is 1.03 bits per heavy atom. The Hall–Kier alpha value is -1.84. The van der Waals surface area contributed by atoms with Gasteiger partial charge >= 0.3 is 6.03 Å². The highest BCUT2D eigenvalue weighted by atomic mass is 32.2. The van der Waals surface area contributed by atoms with Crippen LogP contribution in [0.2, 0.25) is 0 Å². The third-order valence-corrected chi connectivity index (χ3v) is 8.69. The largest absolute Gasteiger partial charge is 0.497 e. The molecule has 0 atom stereocenters. The molecule has 1 saturated heterocycles. The summed E-state index contributed by atoms with van der Waals surface area (Å²) >= 11 is 0. The van der Waals surface area contributed by atoms with E-state index in [1.165, 1.54) is 30.0 Å². The van der Waals surface area contributed by atoms with E-state index < -0.39 is 10.0 Å². The molecule has 0 bridgehead atoms. The van der Waals surface area contributed by atoms with Gasteiger partial charge < -0.3 is 19.9 Å². The average molecular weight is 453 g/mol. The molecule has 0 aromatic heterocycles. The summed E-state index contributed by atoms with van der Waals surface area (Å²) < 4.78 is 32.4. The van der Waals surface area contributed by atoms with Crippen molar-refractivity contribution in [2.45, 2.75) is 49.0 Å². The number of hydrogen-bond donors (Lipinski definition) is 1. The molecule has 174 valence electrons. The molecule has 3 rings (SSSR count). The smallest absolute Gasteiger partial charge is 0.317 e. The van der Waals surface area contributed by atoms with Crippen LogP contribution in [0.1, 0.15) is 38.5 Å². The minimum Gasteiger partial charge on any atom is -0.497 e. The van der Waals surface area contributed by atoms with Crippen LogP contribution in [0.15, 0.2) is 29.2 Å². The molecule has 1 aromatic carbocycles. The van der Waals surface area contributed by atoms with Crippen molar-refractivity contribution in [3.63, 3.8) is 0 Å². The van der Waals surface area contributed by atoms with Gasteiger partial charge in [-0.3, -0.25) is 0 Å². The zero-order valence-electron chi connectivity index (χ0n) is 19.0. The zero-order valence-corrected chi connectivity index (χ0v) is 19.8. The summed E-state index contributed by atoms with van der Waals surface area (Å²) in [4.78, 5) is 17.0. The molecule has 1 aliphatic heterocycles. The first kappa shape index (κ1) is 23.8. The molecule has 0 radical (unpaired) electrons. The summed E-state index contributed by atoms with van der Waals surface area (Å²) in [7, 11) is 2.16. The number of carbonyl (C=O) groups excluding carboxylic acids is 1. The van der Waals surface area contributed by atoms with Crippen molar-refractivity contribution < 1.29 is 17.9 Å². The van der Waals surface area contributed by atoms with Gasteiger partial charge in [0, 0.05) is 38.3 Å². The predicted molar refractivity (Wildman–Crippen MR) is 121 cm³/mol. The third-order valence-electron chi connectivity index (χ3n) is 6.77. The quantitative estimate of drug-likeness (QED) is 0.670. The summed E-state index contributed by atoms with van der Waals surface area (Å²) in [6, 6.07) is 6.29. The van der Waals surface area contributed by atoms with Crippen LogP contribution in [-0.2, 0) is 10.0 Å². The zero-order chi connectivity index (χ0) is 22.5. The van der Waals surface area contributed by atoms with Crippen molar-refractivity contribution in [3.05, 3.63) is 24.3 Å². The van der Waals surface area contributed by atoms with Crippen LogP contribution in [0.5, 0.6) is 5.75 Å². The first-order chi connectivity index (χ1) is 14.8. The van der Waals surface area contributed by atoms with E-state index in [4.69, 9.17) is 4.74 Å². The lowest BCUT2D eigenvalue weighted by atomic mass is 9.89. The van der Waals surface area contributed by atoms with Crippen molar-refractivity contribution in [3.8, 4) is 5.75 Å². The van der Waals surface area contributed by atoms with E-state index >= 15 is 0 Å². The Balaban J connectivity index is 1.55. The molecule has 0 spiro atoms. The number of nitrogens with one attached hydrogen (secondary N) is 1. The Kier molecular flexibility index (Phi) is 7.82. The van der Waals surface area contributed by atoms with Crippen LogP contribution < -0.4 is 10.1 Å². The number of piperazine rings is 1. The number of rotatable bonds is 6. The van der Waals surface area contributed by atoms with E-state index in [0.717, 1.165) is 12.8 Å². The van der Waals surface area contributed by atoms with Crippen LogP contribution in [0.4, 0.5) is 4.79 Å². The molecule has 8 nitrogen and oxygen atoms in total. The molecule has 2 fully saturated rings. The number of ether oxygens (including phenoxy) is 1. The number of methoxy groups -OCH3 is 1. The molecule has 1 aliphatic carbocycles. The van der Waals surface area contributed by atoms with Crippen molar-refractivity contribution in [1.29, 1.82) is 0 Å². The van der Waals surface area contributed by atoms with Crippen molar-refractivity contribution in [2.24, 2.45) is 0 Å². The number of benzene rings is 1. The monoisotopic (exact) mass is 452 g/mol. The van der Waals surface area contributed by atoms with Gasteiger partial charge in [0.1, 0.15) is 5.75 Å². The highest BCUT2D eigenvalue weighted by Crippen LogP contribution is 2.30. The van der Waals surface area contributed by atoms with Crippen LogP contribution in [0.25, 0.3) is 0 Å². The lowest BCUT2D eigenvalue weighted by Crippen LogP contribution is -2.57. The van der Waals surface area contributed by atoms with E-state index in [9.17, 15) is 13.2 Å². The molecular weight excluding hydrogens is 416 g/mol. The Bertz CT molecular complexity index is 826. The highest BCUT2D eigenvalue weighted by molar-refractivity contribution is 7.89. The van der Waals surface area contributed by atoms with Gasteiger partial charge in [-0.25, -0.2) is 13.2 Å². The fourth-order valence-electron chi connectivity index (χ4n) is 4.55. The Morgan fingerprint density at radius 2 is 1.61 bits per heavy atom. The number of carbonyl (C=O) groups is 1. The van der Waals surface area contributed by atoms with Gasteiger partial charge in [0.2, 0.25) is 10.0 Å². The van der Waals surface area contributed by atoms with E-state index in [-0.39, 0.29) is 16.5 Å². The molecule has 2 aliphatic rings. The van der Waals surface area contributed by atoms with Crippen LogP contribution >= 0.6 is 0 Å². The fraction of sp³-hybridized carbons (Fsp3) is 0.682. The topological polar surface area (TPSA) is 82.2 Å². The van der Waals surface area contributed by atoms with Crippen LogP contribution in [0, 0.1) is 0 Å². The lowest BCUT2D eigenvalue weighted by Gasteiger charge is -2.41. The molecule has 31 heavy (non-hydrogen) atoms. The molecule has 1 saturated carbocycles. The minimum atomic E-state index is -3.58. The van der Waals surface area contributed by atoms with E-state index in [1.807, 2.05) is 0 Å². The first-order valence-electron chi connectivity index (χ1n) is 11.1. The van der Waals surface area contributed by atoms with Crippen molar-refractivity contribution in [1.82, 2.24) is 19.4 Å². The maximum atomic E-state index is 12.9. The number of likely N-dealkylation sites (N-methyl/N-ethyl adjacent to an activating group) is 1. The van der Waals surface area contributed by atoms with Gasteiger partial charge in [-0.2, -0.15) is 4.31 Å². The van der Waals surface area contributed by atoms with E-state index in [1.54, 1.807) is 36.3 Å². The molecule has 1 N–H and O–H groups in total. The van der Waals surface area contributed by atoms with E-state index in [0.29, 0.717) is 38.5 Å². The van der Waals surface area contributed by atoms with Crippen LogP contribution in [-0.4, -0.2) is 88.0 Å². The number of sulfonamides is 1. The maximum Gasteiger partial charge on any atom is 0.317 e. The summed E-state index contributed by atoms with van der Waals surface area (Å²) in [6.07, 6.45) is 7.08. The first-order valence-corrected chi connectivity index (χ1v) is 12.6. The second-order valence-electron chi connectivity index (χ2n) is 8.76. The van der Waals surface area contributed by atoms with Gasteiger partial charge in [0.25, 0.3) is 0 Å². The van der Waals surface area contributed by atoms with Crippen molar-refractivity contribution in [2.75, 3.05) is 53.9 Å². The molecule has 0 unspecified atom stereocenters. The van der Waals surface area contributed by atoms with Gasteiger partial charge in [-0.15, -0.1) is 0 Å². The molecule has 1 aromatic rings. The van der Waals surface area contributed by atoms with Gasteiger partial charge in [-0.05, 0) is 51.2 Å². The molecule has 9 heteroatoms. The maximum absolute atomic E-state index is 12.9. The average Bonchev–Trinajstić information content (AvgIpc) is 3.04. The van der Waals surface area contributed by atoms with Gasteiger partial charge in [0.15, 0.2) is 0 Å². The number of amides is 2. The van der Waals surface area contributed by atoms with Crippen molar-refractivity contribution >= 4 is 16.1 Å². The Morgan fingerprint density at radius 3 is 2.13 bits per heavy atom. The number of nitrogens with zero attached hydrogens (tertiary/aromatic N) is 3. The summed E-state index contributed by atoms with van der Waals surface area (Å²) in [5, 5.41) is 3.13. The second-order valence-corrected chi connectivity index (χ2v) is 10.7. The summed E-state index contributed by atoms with van der Waals surface area (Å²) in [6.45, 7) is 1.98. The highest BCUT2D eigenvalue weighted by Gasteiger charge is 2.35. The third kappa shape index (κ3) is 5.51. The Labute approximate surface area is 186 Å². The van der Waals surface area contributed by atoms with Gasteiger partial charge in [-0.1, -0.05) is 25.7 Å². The fourth-order valence-corrected chi connectivity index (χ4v) is 5.97. The normalized spacial score (nSPS) is 20.3. The SMILES string of the molecule is COc1ccc(S(=O)(=O)N2CCN(C(=O)NCC3(N(C)C)CCCCCC3)CC2)cc1. The number of urea groups is 1. The van der Waals surface area contributed by atoms with E-state index in [2.05, 4.69) is 24.3 Å². The minimum absolute atomic E-state index is 0.00564. The lowest BCUT2D eigenvalue weighted by molar-refractivity contribution is 0.120. The summed E-state index contributed by atoms with van der Waals surface area (Å²) in [5.74, 6) is 0.615. The number of hydrogen-bond acceptors (Lipinski definition) is 5. The second kappa shape index (κ2) is 10.2. The molecule has 2 amide bonds. The molecular formula is C22H36N4O4S.